The van der Waals surface area contributed by atoms with E-state index in [1.54, 1.807) is 23.6 Å². The topological polar surface area (TPSA) is 70.2 Å². The quantitative estimate of drug-likeness (QED) is 0.369. The molecule has 10 heteroatoms. The molecule has 0 atom stereocenters. The summed E-state index contributed by atoms with van der Waals surface area (Å²) in [5, 5.41) is 2.56. The van der Waals surface area contributed by atoms with E-state index in [-0.39, 0.29) is 18.7 Å². The van der Waals surface area contributed by atoms with Gasteiger partial charge >= 0.3 is 6.18 Å². The first-order valence-electron chi connectivity index (χ1n) is 10.3. The summed E-state index contributed by atoms with van der Waals surface area (Å²) in [5.74, 6) is 0. The highest BCUT2D eigenvalue weighted by atomic mass is 32.2. The summed E-state index contributed by atoms with van der Waals surface area (Å²) in [6.45, 7) is 3.36. The number of aryl methyl sites for hydroxylation is 2. The van der Waals surface area contributed by atoms with Gasteiger partial charge in [-0.1, -0.05) is 24.3 Å². The van der Waals surface area contributed by atoms with E-state index in [0.29, 0.717) is 16.5 Å². The number of alkyl halides is 3. The van der Waals surface area contributed by atoms with Crippen LogP contribution in [0.1, 0.15) is 27.1 Å². The zero-order valence-electron chi connectivity index (χ0n) is 18.3. The predicted octanol–water partition coefficient (Wildman–Crippen LogP) is 5.62. The molecule has 2 heterocycles. The molecule has 0 aliphatic rings. The highest BCUT2D eigenvalue weighted by molar-refractivity contribution is 7.89. The van der Waals surface area contributed by atoms with Crippen molar-refractivity contribution in [2.24, 2.45) is 0 Å². The van der Waals surface area contributed by atoms with Gasteiger partial charge in [0.1, 0.15) is 0 Å². The van der Waals surface area contributed by atoms with E-state index in [0.717, 1.165) is 39.0 Å². The Bertz CT molecular complexity index is 1510. The third kappa shape index (κ3) is 4.79. The number of aromatic amines is 1. The minimum Gasteiger partial charge on any atom is -0.321 e. The van der Waals surface area contributed by atoms with E-state index < -0.39 is 32.2 Å². The van der Waals surface area contributed by atoms with Gasteiger partial charge in [0.2, 0.25) is 10.0 Å². The Hall–Kier alpha value is -2.95. The molecule has 0 fully saturated rings. The summed E-state index contributed by atoms with van der Waals surface area (Å²) in [5.41, 5.74) is 1.14. The molecule has 0 spiro atoms. The van der Waals surface area contributed by atoms with Crippen molar-refractivity contribution in [1.29, 1.82) is 0 Å². The van der Waals surface area contributed by atoms with Crippen LogP contribution >= 0.6 is 11.3 Å². The van der Waals surface area contributed by atoms with E-state index in [9.17, 15) is 26.4 Å². The van der Waals surface area contributed by atoms with Crippen LogP contribution in [0, 0.1) is 13.8 Å². The fourth-order valence-electron chi connectivity index (χ4n) is 3.71. The minimum atomic E-state index is -4.69. The van der Waals surface area contributed by atoms with Crippen LogP contribution in [-0.2, 0) is 29.3 Å². The van der Waals surface area contributed by atoms with Crippen molar-refractivity contribution in [3.05, 3.63) is 97.5 Å². The van der Waals surface area contributed by atoms with Crippen molar-refractivity contribution in [2.45, 2.75) is 38.0 Å². The molecular formula is C24H21F3N2O3S2. The van der Waals surface area contributed by atoms with Crippen molar-refractivity contribution >= 4 is 32.3 Å². The number of fused-ring (bicyclic) bond motifs is 1. The Balaban J connectivity index is 1.81. The lowest BCUT2D eigenvalue weighted by Gasteiger charge is -2.22. The van der Waals surface area contributed by atoms with Crippen LogP contribution in [0.15, 0.2) is 69.7 Å². The Labute approximate surface area is 198 Å². The molecule has 4 aromatic rings. The first-order valence-corrected chi connectivity index (χ1v) is 12.6. The molecule has 0 radical (unpaired) electrons. The molecule has 0 unspecified atom stereocenters. The van der Waals surface area contributed by atoms with Gasteiger partial charge in [0.25, 0.3) is 5.56 Å². The summed E-state index contributed by atoms with van der Waals surface area (Å²) in [6.07, 6.45) is -4.69. The molecule has 0 amide bonds. The number of nitrogens with zero attached hydrogens (tertiary/aromatic N) is 1. The van der Waals surface area contributed by atoms with Crippen molar-refractivity contribution in [1.82, 2.24) is 9.29 Å². The summed E-state index contributed by atoms with van der Waals surface area (Å²) in [6, 6.07) is 12.6. The normalized spacial score (nSPS) is 12.5. The molecule has 2 aromatic heterocycles. The van der Waals surface area contributed by atoms with E-state index in [1.807, 2.05) is 26.0 Å². The number of thiophene rings is 1. The van der Waals surface area contributed by atoms with Crippen LogP contribution in [0.3, 0.4) is 0 Å². The molecule has 2 aromatic carbocycles. The van der Waals surface area contributed by atoms with Crippen LogP contribution in [0.5, 0.6) is 0 Å². The first kappa shape index (κ1) is 24.2. The molecule has 0 aliphatic carbocycles. The fourth-order valence-corrected chi connectivity index (χ4v) is 5.95. The minimum absolute atomic E-state index is 0.0828. The van der Waals surface area contributed by atoms with Crippen LogP contribution in [-0.4, -0.2) is 17.7 Å². The molecule has 0 bridgehead atoms. The van der Waals surface area contributed by atoms with Crippen molar-refractivity contribution < 1.29 is 21.6 Å². The number of sulfonamides is 1. The summed E-state index contributed by atoms with van der Waals surface area (Å²) >= 11 is 1.32. The van der Waals surface area contributed by atoms with E-state index >= 15 is 0 Å². The van der Waals surface area contributed by atoms with Crippen molar-refractivity contribution in [3.8, 4) is 0 Å². The van der Waals surface area contributed by atoms with Crippen LogP contribution < -0.4 is 5.56 Å². The molecule has 0 aliphatic heterocycles. The Morgan fingerprint density at radius 1 is 0.971 bits per heavy atom. The molecule has 1 N–H and O–H groups in total. The maximum absolute atomic E-state index is 13.5. The number of halogens is 3. The second-order valence-electron chi connectivity index (χ2n) is 7.99. The number of pyridine rings is 1. The van der Waals surface area contributed by atoms with Crippen LogP contribution in [0.2, 0.25) is 0 Å². The molecule has 0 saturated heterocycles. The molecule has 4 rings (SSSR count). The van der Waals surface area contributed by atoms with Gasteiger partial charge < -0.3 is 4.98 Å². The average Bonchev–Trinajstić information content (AvgIpc) is 3.29. The fraction of sp³-hybridized carbons (Fsp3) is 0.208. The van der Waals surface area contributed by atoms with Gasteiger partial charge in [0, 0.05) is 28.9 Å². The highest BCUT2D eigenvalue weighted by Gasteiger charge is 2.33. The predicted molar refractivity (Wildman–Crippen MR) is 126 cm³/mol. The lowest BCUT2D eigenvalue weighted by atomic mass is 10.0. The van der Waals surface area contributed by atoms with Crippen molar-refractivity contribution in [2.75, 3.05) is 0 Å². The number of benzene rings is 2. The molecule has 34 heavy (non-hydrogen) atoms. The van der Waals surface area contributed by atoms with Gasteiger partial charge in [-0.15, -0.1) is 11.3 Å². The van der Waals surface area contributed by atoms with Gasteiger partial charge in [-0.3, -0.25) is 4.79 Å². The Morgan fingerprint density at radius 3 is 2.38 bits per heavy atom. The lowest BCUT2D eigenvalue weighted by molar-refractivity contribution is -0.137. The summed E-state index contributed by atoms with van der Waals surface area (Å²) < 4.78 is 67.7. The third-order valence-electron chi connectivity index (χ3n) is 5.58. The second-order valence-corrected chi connectivity index (χ2v) is 11.0. The van der Waals surface area contributed by atoms with Crippen LogP contribution in [0.4, 0.5) is 13.2 Å². The maximum Gasteiger partial charge on any atom is 0.416 e. The number of hydrogen-bond acceptors (Lipinski definition) is 4. The molecule has 5 nitrogen and oxygen atoms in total. The second kappa shape index (κ2) is 9.01. The molecule has 178 valence electrons. The lowest BCUT2D eigenvalue weighted by Crippen LogP contribution is -2.32. The van der Waals surface area contributed by atoms with Gasteiger partial charge in [0.15, 0.2) is 0 Å². The van der Waals surface area contributed by atoms with E-state index in [4.69, 9.17) is 0 Å². The smallest absolute Gasteiger partial charge is 0.321 e. The average molecular weight is 507 g/mol. The summed E-state index contributed by atoms with van der Waals surface area (Å²) in [7, 11) is -4.36. The summed E-state index contributed by atoms with van der Waals surface area (Å²) in [4.78, 5) is 15.9. The first-order chi connectivity index (χ1) is 16.0. The van der Waals surface area contributed by atoms with Gasteiger partial charge in [-0.2, -0.15) is 17.5 Å². The zero-order valence-corrected chi connectivity index (χ0v) is 19.9. The van der Waals surface area contributed by atoms with E-state index in [2.05, 4.69) is 4.98 Å². The largest absolute Gasteiger partial charge is 0.416 e. The number of H-pyrrole nitrogens is 1. The number of hydrogen-bond donors (Lipinski definition) is 1. The van der Waals surface area contributed by atoms with Gasteiger partial charge in [0.05, 0.1) is 16.0 Å². The van der Waals surface area contributed by atoms with Crippen molar-refractivity contribution in [3.63, 3.8) is 0 Å². The molecular weight excluding hydrogens is 485 g/mol. The number of rotatable bonds is 6. The maximum atomic E-state index is 13.5. The van der Waals surface area contributed by atoms with Gasteiger partial charge in [-0.05, 0) is 60.7 Å². The SMILES string of the molecule is Cc1ccc(C)c2[nH]c(=O)c(CN(Cc3cccs3)S(=O)(=O)c3cccc(C(F)(F)F)c3)cc12. The Morgan fingerprint density at radius 2 is 1.71 bits per heavy atom. The molecule has 0 saturated carbocycles. The highest BCUT2D eigenvalue weighted by Crippen LogP contribution is 2.32. The monoisotopic (exact) mass is 506 g/mol. The van der Waals surface area contributed by atoms with Gasteiger partial charge in [-0.25, -0.2) is 8.42 Å². The van der Waals surface area contributed by atoms with E-state index in [1.165, 1.54) is 11.3 Å². The third-order valence-corrected chi connectivity index (χ3v) is 8.23. The number of nitrogens with one attached hydrogen (secondary N) is 1. The number of aromatic nitrogens is 1. The van der Waals surface area contributed by atoms with Crippen LogP contribution in [0.25, 0.3) is 10.9 Å². The zero-order chi connectivity index (χ0) is 24.7. The Kier molecular flexibility index (Phi) is 6.41. The standard InChI is InChI=1S/C24H21F3N2O3S2/c1-15-8-9-16(2)22-21(15)11-17(23(30)28-22)13-29(14-19-6-4-10-33-19)34(31,32)20-7-3-5-18(12-20)24(25,26)27/h3-12H,13-14H2,1-2H3,(H,28,30).